The van der Waals surface area contributed by atoms with Crippen LogP contribution in [0.5, 0.6) is 0 Å². The van der Waals surface area contributed by atoms with E-state index in [0.29, 0.717) is 11.8 Å². The fraction of sp³-hybridized carbons (Fsp3) is 0.0811. The number of rotatable bonds is 12. The molecule has 0 saturated heterocycles. The Labute approximate surface area is 451 Å². The lowest BCUT2D eigenvalue weighted by molar-refractivity contribution is 0.670. The van der Waals surface area contributed by atoms with Gasteiger partial charge in [-0.15, -0.1) is 0 Å². The van der Waals surface area contributed by atoms with Crippen LogP contribution in [0.15, 0.2) is 271 Å². The zero-order chi connectivity index (χ0) is 52.0. The maximum Gasteiger partial charge on any atom is 0.136 e. The summed E-state index contributed by atoms with van der Waals surface area (Å²) in [5, 5.41) is 6.73. The maximum absolute atomic E-state index is 6.94. The van der Waals surface area contributed by atoms with Crippen molar-refractivity contribution in [2.45, 2.75) is 39.5 Å². The van der Waals surface area contributed by atoms with Crippen molar-refractivity contribution < 1.29 is 4.42 Å². The number of fused-ring (bicyclic) bond motifs is 5. The molecule has 3 nitrogen and oxygen atoms in total. The fourth-order valence-corrected chi connectivity index (χ4v) is 11.2. The standard InChI is InChI=1S/C74H58N2O/c1-49(2)55-33-37-71(67(43-55)53-23-13-7-14-24-53)75(63-29-17-27-57(39-63)51-19-9-5-10-20-51)65-35-31-59-45-69-70-46-60-32-36-66(42-62(60)48-74(70)77-73(69)47-61(59)41-65)76(64-30-18-28-58(40-64)52-21-11-6-12-22-52)72-38-34-56(50(3)4)44-68(72)54-25-15-8-16-26-54/h5-50H,1-4H3. The average Bonchev–Trinajstić information content (AvgIpc) is 3.89. The molecule has 0 amide bonds. The lowest BCUT2D eigenvalue weighted by Crippen LogP contribution is -2.12. The van der Waals surface area contributed by atoms with Crippen LogP contribution < -0.4 is 9.80 Å². The molecule has 13 aromatic rings. The van der Waals surface area contributed by atoms with Gasteiger partial charge >= 0.3 is 0 Å². The van der Waals surface area contributed by atoms with Crippen molar-refractivity contribution in [3.05, 3.63) is 278 Å². The van der Waals surface area contributed by atoms with Gasteiger partial charge in [0, 0.05) is 44.6 Å². The van der Waals surface area contributed by atoms with E-state index in [1.807, 2.05) is 0 Å². The Balaban J connectivity index is 0.946. The lowest BCUT2D eigenvalue weighted by atomic mass is 9.94. The smallest absolute Gasteiger partial charge is 0.136 e. The summed E-state index contributed by atoms with van der Waals surface area (Å²) in [5.41, 5.74) is 20.3. The van der Waals surface area contributed by atoms with Gasteiger partial charge in [-0.3, -0.25) is 0 Å². The number of furan rings is 1. The minimum Gasteiger partial charge on any atom is -0.456 e. The predicted molar refractivity (Wildman–Crippen MR) is 328 cm³/mol. The van der Waals surface area contributed by atoms with Crippen LogP contribution in [0.4, 0.5) is 34.1 Å². The van der Waals surface area contributed by atoms with Crippen LogP contribution in [0.3, 0.4) is 0 Å². The molecule has 0 aliphatic rings. The van der Waals surface area contributed by atoms with Crippen LogP contribution in [0, 0.1) is 0 Å². The highest BCUT2D eigenvalue weighted by Gasteiger charge is 2.23. The van der Waals surface area contributed by atoms with Crippen LogP contribution in [0.1, 0.15) is 50.7 Å². The molecule has 0 fully saturated rings. The molecule has 0 N–H and O–H groups in total. The summed E-state index contributed by atoms with van der Waals surface area (Å²) >= 11 is 0. The molecule has 0 unspecified atom stereocenters. The number of anilines is 6. The van der Waals surface area contributed by atoms with E-state index in [1.165, 1.54) is 55.6 Å². The van der Waals surface area contributed by atoms with Crippen LogP contribution >= 0.6 is 0 Å². The Morgan fingerprint density at radius 3 is 1.03 bits per heavy atom. The quantitative estimate of drug-likeness (QED) is 0.122. The molecule has 13 rings (SSSR count). The molecule has 370 valence electrons. The van der Waals surface area contributed by atoms with Crippen molar-refractivity contribution in [3.8, 4) is 44.5 Å². The van der Waals surface area contributed by atoms with Gasteiger partial charge in [-0.1, -0.05) is 198 Å². The zero-order valence-corrected chi connectivity index (χ0v) is 43.9. The van der Waals surface area contributed by atoms with Gasteiger partial charge in [-0.25, -0.2) is 0 Å². The van der Waals surface area contributed by atoms with Crippen LogP contribution in [-0.4, -0.2) is 0 Å². The van der Waals surface area contributed by atoms with E-state index >= 15 is 0 Å². The molecule has 0 radical (unpaired) electrons. The highest BCUT2D eigenvalue weighted by molar-refractivity contribution is 6.14. The van der Waals surface area contributed by atoms with Gasteiger partial charge in [0.05, 0.1) is 11.4 Å². The van der Waals surface area contributed by atoms with E-state index in [-0.39, 0.29) is 0 Å². The second kappa shape index (κ2) is 20.0. The lowest BCUT2D eigenvalue weighted by Gasteiger charge is -2.29. The molecular formula is C74H58N2O. The van der Waals surface area contributed by atoms with Crippen molar-refractivity contribution in [3.63, 3.8) is 0 Å². The minimum absolute atomic E-state index is 0.381. The summed E-state index contributed by atoms with van der Waals surface area (Å²) in [5.74, 6) is 0.762. The van der Waals surface area contributed by atoms with Crippen molar-refractivity contribution >= 4 is 77.6 Å². The molecule has 12 aromatic carbocycles. The molecule has 0 atom stereocenters. The molecule has 0 spiro atoms. The van der Waals surface area contributed by atoms with Crippen molar-refractivity contribution in [1.82, 2.24) is 0 Å². The second-order valence-electron chi connectivity index (χ2n) is 21.0. The van der Waals surface area contributed by atoms with Crippen molar-refractivity contribution in [1.29, 1.82) is 0 Å². The normalized spacial score (nSPS) is 11.6. The highest BCUT2D eigenvalue weighted by Crippen LogP contribution is 2.47. The van der Waals surface area contributed by atoms with E-state index in [0.717, 1.165) is 77.6 Å². The molecule has 1 aromatic heterocycles. The van der Waals surface area contributed by atoms with Crippen molar-refractivity contribution in [2.75, 3.05) is 9.80 Å². The van der Waals surface area contributed by atoms with E-state index in [2.05, 4.69) is 304 Å². The van der Waals surface area contributed by atoms with E-state index in [1.54, 1.807) is 0 Å². The molecule has 0 aliphatic heterocycles. The minimum atomic E-state index is 0.381. The van der Waals surface area contributed by atoms with Crippen molar-refractivity contribution in [2.24, 2.45) is 0 Å². The molecule has 77 heavy (non-hydrogen) atoms. The Morgan fingerprint density at radius 1 is 0.273 bits per heavy atom. The van der Waals surface area contributed by atoms with Gasteiger partial charge in [0.25, 0.3) is 0 Å². The van der Waals surface area contributed by atoms with Gasteiger partial charge in [0.1, 0.15) is 11.2 Å². The third-order valence-corrected chi connectivity index (χ3v) is 15.3. The zero-order valence-electron chi connectivity index (χ0n) is 43.9. The maximum atomic E-state index is 6.94. The fourth-order valence-electron chi connectivity index (χ4n) is 11.2. The summed E-state index contributed by atoms with van der Waals surface area (Å²) in [7, 11) is 0. The van der Waals surface area contributed by atoms with E-state index in [9.17, 15) is 0 Å². The average molecular weight is 991 g/mol. The first-order valence-corrected chi connectivity index (χ1v) is 26.9. The van der Waals surface area contributed by atoms with Crippen LogP contribution in [-0.2, 0) is 0 Å². The summed E-state index contributed by atoms with van der Waals surface area (Å²) in [6, 6.07) is 97.5. The largest absolute Gasteiger partial charge is 0.456 e. The third-order valence-electron chi connectivity index (χ3n) is 15.3. The summed E-state index contributed by atoms with van der Waals surface area (Å²) in [6.07, 6.45) is 0. The monoisotopic (exact) mass is 990 g/mol. The summed E-state index contributed by atoms with van der Waals surface area (Å²) < 4.78 is 6.94. The molecule has 0 saturated carbocycles. The summed E-state index contributed by atoms with van der Waals surface area (Å²) in [6.45, 7) is 9.07. The van der Waals surface area contributed by atoms with Crippen LogP contribution in [0.25, 0.3) is 88.0 Å². The predicted octanol–water partition coefficient (Wildman–Crippen LogP) is 21.7. The molecule has 0 bridgehead atoms. The molecule has 1 heterocycles. The SMILES string of the molecule is CC(C)c1ccc(N(c2cccc(-c3ccccc3)c2)c2ccc3cc4c(cc3c2)oc2cc3cc(N(c5cccc(-c6ccccc6)c5)c5ccc(C(C)C)cc5-c5ccccc5)ccc3cc24)c(-c2ccccc2)c1. The Morgan fingerprint density at radius 2 is 0.636 bits per heavy atom. The van der Waals surface area contributed by atoms with Crippen LogP contribution in [0.2, 0.25) is 0 Å². The Hall–Kier alpha value is -9.44. The number of benzene rings is 12. The first-order chi connectivity index (χ1) is 37.8. The second-order valence-corrected chi connectivity index (χ2v) is 21.0. The molecule has 3 heteroatoms. The first-order valence-electron chi connectivity index (χ1n) is 26.9. The highest BCUT2D eigenvalue weighted by atomic mass is 16.3. The summed E-state index contributed by atoms with van der Waals surface area (Å²) in [4.78, 5) is 4.85. The molecule has 0 aliphatic carbocycles. The van der Waals surface area contributed by atoms with E-state index in [4.69, 9.17) is 4.42 Å². The van der Waals surface area contributed by atoms with Gasteiger partial charge in [0.2, 0.25) is 0 Å². The topological polar surface area (TPSA) is 19.6 Å². The first kappa shape index (κ1) is 47.3. The number of hydrogen-bond donors (Lipinski definition) is 0. The van der Waals surface area contributed by atoms with E-state index < -0.39 is 0 Å². The van der Waals surface area contributed by atoms with Gasteiger partial charge < -0.3 is 14.2 Å². The van der Waals surface area contributed by atoms with Gasteiger partial charge in [0.15, 0.2) is 0 Å². The number of nitrogens with zero attached hydrogens (tertiary/aromatic N) is 2. The Kier molecular flexibility index (Phi) is 12.3. The Bertz CT molecular complexity index is 4000. The number of hydrogen-bond acceptors (Lipinski definition) is 3. The van der Waals surface area contributed by atoms with Gasteiger partial charge in [-0.2, -0.15) is 0 Å². The van der Waals surface area contributed by atoms with Gasteiger partial charge in [-0.05, 0) is 175 Å². The molecular weight excluding hydrogens is 933 g/mol. The third kappa shape index (κ3) is 9.10.